The maximum atomic E-state index is 5.80. The van der Waals surface area contributed by atoms with Gasteiger partial charge in [0, 0.05) is 18.6 Å². The van der Waals surface area contributed by atoms with Crippen molar-refractivity contribution in [1.29, 1.82) is 0 Å². The van der Waals surface area contributed by atoms with Crippen molar-refractivity contribution in [2.75, 3.05) is 7.05 Å². The summed E-state index contributed by atoms with van der Waals surface area (Å²) in [6.45, 7) is 5.99. The highest BCUT2D eigenvalue weighted by Gasteiger charge is 2.18. The van der Waals surface area contributed by atoms with E-state index in [9.17, 15) is 0 Å². The van der Waals surface area contributed by atoms with Gasteiger partial charge in [0.15, 0.2) is 0 Å². The third kappa shape index (κ3) is 3.45. The first-order chi connectivity index (χ1) is 4.48. The molecule has 3 heteroatoms. The highest BCUT2D eigenvalue weighted by Crippen LogP contribution is 2.02. The van der Waals surface area contributed by atoms with Gasteiger partial charge in [-0.05, 0) is 20.8 Å². The first-order valence-electron chi connectivity index (χ1n) is 3.44. The van der Waals surface area contributed by atoms with Crippen LogP contribution in [-0.4, -0.2) is 25.0 Å². The lowest BCUT2D eigenvalue weighted by molar-refractivity contribution is 0.406. The normalized spacial score (nSPS) is 15.7. The van der Waals surface area contributed by atoms with E-state index in [4.69, 9.17) is 5.73 Å². The number of hydrogen-bond acceptors (Lipinski definition) is 2. The van der Waals surface area contributed by atoms with Crippen LogP contribution in [0, 0.1) is 0 Å². The fraction of sp³-hybridized carbons (Fsp3) is 0.857. The average molecular weight is 143 g/mol. The Balaban J connectivity index is 3.73. The third-order valence-electron chi connectivity index (χ3n) is 1.57. The van der Waals surface area contributed by atoms with Crippen LogP contribution in [0.15, 0.2) is 4.99 Å². The first-order valence-corrected chi connectivity index (χ1v) is 3.44. The molecule has 3 N–H and O–H groups in total. The number of aliphatic imine (C=N–C) groups is 1. The Hall–Kier alpha value is -0.570. The zero-order valence-corrected chi connectivity index (χ0v) is 7.18. The van der Waals surface area contributed by atoms with Crippen molar-refractivity contribution in [3.05, 3.63) is 0 Å². The molecular formula is C7H17N3. The monoisotopic (exact) mass is 143 g/mol. The quantitative estimate of drug-likeness (QED) is 0.442. The van der Waals surface area contributed by atoms with Crippen LogP contribution in [-0.2, 0) is 0 Å². The lowest BCUT2D eigenvalue weighted by atomic mass is 9.98. The molecule has 0 heterocycles. The second-order valence-corrected chi connectivity index (χ2v) is 3.10. The Morgan fingerprint density at radius 3 is 2.40 bits per heavy atom. The molecule has 0 bridgehead atoms. The van der Waals surface area contributed by atoms with Crippen LogP contribution in [0.25, 0.3) is 0 Å². The van der Waals surface area contributed by atoms with Gasteiger partial charge in [0.1, 0.15) is 0 Å². The zero-order valence-electron chi connectivity index (χ0n) is 7.18. The molecule has 0 amide bonds. The van der Waals surface area contributed by atoms with Crippen LogP contribution in [0.4, 0.5) is 0 Å². The molecule has 0 aliphatic carbocycles. The van der Waals surface area contributed by atoms with Crippen LogP contribution in [0.5, 0.6) is 0 Å². The summed E-state index contributed by atoms with van der Waals surface area (Å²) >= 11 is 0. The summed E-state index contributed by atoms with van der Waals surface area (Å²) in [5.74, 6) is 0. The Morgan fingerprint density at radius 2 is 2.10 bits per heavy atom. The zero-order chi connectivity index (χ0) is 8.20. The van der Waals surface area contributed by atoms with Crippen molar-refractivity contribution in [2.45, 2.75) is 32.4 Å². The predicted molar refractivity (Wildman–Crippen MR) is 45.3 cm³/mol. The number of hydrogen-bond donors (Lipinski definition) is 2. The van der Waals surface area contributed by atoms with Gasteiger partial charge in [-0.1, -0.05) is 0 Å². The maximum Gasteiger partial charge on any atom is 0.0823 e. The van der Waals surface area contributed by atoms with Gasteiger partial charge in [-0.25, -0.2) is 0 Å². The molecule has 0 aromatic heterocycles. The van der Waals surface area contributed by atoms with E-state index < -0.39 is 0 Å². The van der Waals surface area contributed by atoms with Gasteiger partial charge in [-0.2, -0.15) is 0 Å². The molecule has 0 aromatic rings. The summed E-state index contributed by atoms with van der Waals surface area (Å²) in [7, 11) is 1.73. The third-order valence-corrected chi connectivity index (χ3v) is 1.57. The summed E-state index contributed by atoms with van der Waals surface area (Å²) in [5, 5.41) is 3.06. The number of rotatable bonds is 3. The van der Waals surface area contributed by atoms with Crippen molar-refractivity contribution < 1.29 is 0 Å². The molecule has 10 heavy (non-hydrogen) atoms. The molecule has 0 saturated heterocycles. The van der Waals surface area contributed by atoms with Gasteiger partial charge in [-0.3, -0.25) is 4.99 Å². The summed E-state index contributed by atoms with van der Waals surface area (Å²) in [4.78, 5) is 3.80. The van der Waals surface area contributed by atoms with E-state index in [1.165, 1.54) is 0 Å². The molecule has 60 valence electrons. The van der Waals surface area contributed by atoms with Gasteiger partial charge >= 0.3 is 0 Å². The van der Waals surface area contributed by atoms with E-state index in [0.29, 0.717) is 0 Å². The van der Waals surface area contributed by atoms with E-state index in [0.717, 1.165) is 0 Å². The van der Waals surface area contributed by atoms with Crippen LogP contribution >= 0.6 is 0 Å². The fourth-order valence-electron chi connectivity index (χ4n) is 0.401. The summed E-state index contributed by atoms with van der Waals surface area (Å²) < 4.78 is 0. The van der Waals surface area contributed by atoms with Gasteiger partial charge in [-0.15, -0.1) is 0 Å². The summed E-state index contributed by atoms with van der Waals surface area (Å²) in [5.41, 5.74) is 5.60. The number of nitrogens with zero attached hydrogens (tertiary/aromatic N) is 1. The number of nitrogens with one attached hydrogen (secondary N) is 1. The van der Waals surface area contributed by atoms with Gasteiger partial charge < -0.3 is 11.1 Å². The van der Waals surface area contributed by atoms with Gasteiger partial charge in [0.05, 0.1) is 6.34 Å². The van der Waals surface area contributed by atoms with E-state index >= 15 is 0 Å². The Kier molecular flexibility index (Phi) is 3.36. The maximum absolute atomic E-state index is 5.80. The molecule has 0 aliphatic heterocycles. The minimum atomic E-state index is -0.193. The minimum Gasteiger partial charge on any atom is -0.372 e. The van der Waals surface area contributed by atoms with Crippen LogP contribution < -0.4 is 11.1 Å². The summed E-state index contributed by atoms with van der Waals surface area (Å²) in [6, 6.07) is 0.246. The predicted octanol–water partition coefficient (Wildman–Crippen LogP) is 0.360. The SMILES string of the molecule is CN=CNC(C)C(C)(C)N. The largest absolute Gasteiger partial charge is 0.372 e. The van der Waals surface area contributed by atoms with Crippen molar-refractivity contribution in [3.63, 3.8) is 0 Å². The molecular weight excluding hydrogens is 126 g/mol. The molecule has 0 aliphatic rings. The minimum absolute atomic E-state index is 0.193. The van der Waals surface area contributed by atoms with E-state index in [-0.39, 0.29) is 11.6 Å². The molecule has 0 rings (SSSR count). The molecule has 0 spiro atoms. The Bertz CT molecular complexity index is 113. The van der Waals surface area contributed by atoms with Crippen molar-refractivity contribution in [1.82, 2.24) is 5.32 Å². The lowest BCUT2D eigenvalue weighted by Gasteiger charge is -2.26. The highest BCUT2D eigenvalue weighted by molar-refractivity contribution is 5.54. The van der Waals surface area contributed by atoms with E-state index in [1.807, 2.05) is 20.8 Å². The molecule has 0 radical (unpaired) electrons. The molecule has 1 atom stereocenters. The fourth-order valence-corrected chi connectivity index (χ4v) is 0.401. The van der Waals surface area contributed by atoms with Crippen LogP contribution in [0.2, 0.25) is 0 Å². The van der Waals surface area contributed by atoms with Gasteiger partial charge in [0.2, 0.25) is 0 Å². The summed E-state index contributed by atoms with van der Waals surface area (Å²) in [6.07, 6.45) is 1.67. The molecule has 1 unspecified atom stereocenters. The molecule has 0 aromatic carbocycles. The van der Waals surface area contributed by atoms with Crippen LogP contribution in [0.1, 0.15) is 20.8 Å². The van der Waals surface area contributed by atoms with E-state index in [1.54, 1.807) is 13.4 Å². The van der Waals surface area contributed by atoms with Crippen LogP contribution in [0.3, 0.4) is 0 Å². The Labute approximate surface area is 62.7 Å². The first kappa shape index (κ1) is 9.43. The van der Waals surface area contributed by atoms with E-state index in [2.05, 4.69) is 10.3 Å². The lowest BCUT2D eigenvalue weighted by Crippen LogP contribution is -2.50. The highest BCUT2D eigenvalue weighted by atomic mass is 15.0. The molecule has 0 saturated carbocycles. The van der Waals surface area contributed by atoms with Gasteiger partial charge in [0.25, 0.3) is 0 Å². The standard InChI is InChI=1S/C7H17N3/c1-6(7(2,3)8)10-5-9-4/h5-6H,8H2,1-4H3,(H,9,10). The smallest absolute Gasteiger partial charge is 0.0823 e. The van der Waals surface area contributed by atoms with Crippen molar-refractivity contribution in [3.8, 4) is 0 Å². The second-order valence-electron chi connectivity index (χ2n) is 3.10. The topological polar surface area (TPSA) is 50.4 Å². The second kappa shape index (κ2) is 3.56. The Morgan fingerprint density at radius 1 is 1.60 bits per heavy atom. The number of nitrogens with two attached hydrogens (primary N) is 1. The molecule has 3 nitrogen and oxygen atoms in total. The van der Waals surface area contributed by atoms with Crippen molar-refractivity contribution >= 4 is 6.34 Å². The average Bonchev–Trinajstić information content (AvgIpc) is 1.80. The molecule has 0 fully saturated rings. The van der Waals surface area contributed by atoms with Crippen molar-refractivity contribution in [2.24, 2.45) is 10.7 Å².